The number of nitrogens with one attached hydrogen (secondary N) is 1. The van der Waals surface area contributed by atoms with Crippen molar-refractivity contribution in [2.45, 2.75) is 13.8 Å². The summed E-state index contributed by atoms with van der Waals surface area (Å²) >= 11 is 6.66. The Kier molecular flexibility index (Phi) is 5.01. The molecular formula is C19H16N2O2S2. The molecule has 2 amide bonds. The summed E-state index contributed by atoms with van der Waals surface area (Å²) in [7, 11) is 0. The Bertz CT molecular complexity index is 871. The summed E-state index contributed by atoms with van der Waals surface area (Å²) in [5.41, 5.74) is 3.50. The molecule has 0 aromatic heterocycles. The molecule has 1 fully saturated rings. The van der Waals surface area contributed by atoms with Crippen molar-refractivity contribution in [1.82, 2.24) is 0 Å². The average Bonchev–Trinajstić information content (AvgIpc) is 2.84. The molecule has 0 unspecified atom stereocenters. The molecule has 1 heterocycles. The van der Waals surface area contributed by atoms with Crippen molar-refractivity contribution >= 4 is 57.6 Å². The van der Waals surface area contributed by atoms with Crippen molar-refractivity contribution in [2.75, 3.05) is 10.2 Å². The Morgan fingerprint density at radius 2 is 1.76 bits per heavy atom. The number of carbonyl (C=O) groups excluding carboxylic acids is 2. The Morgan fingerprint density at radius 3 is 2.36 bits per heavy atom. The van der Waals surface area contributed by atoms with Crippen molar-refractivity contribution < 1.29 is 9.59 Å². The smallest absolute Gasteiger partial charge is 0.270 e. The first-order valence-corrected chi connectivity index (χ1v) is 8.89. The third kappa shape index (κ3) is 3.97. The summed E-state index contributed by atoms with van der Waals surface area (Å²) in [5.74, 6) is -0.276. The number of aryl methyl sites for hydroxylation is 1. The van der Waals surface area contributed by atoms with E-state index in [1.807, 2.05) is 37.3 Å². The van der Waals surface area contributed by atoms with Crippen molar-refractivity contribution in [1.29, 1.82) is 0 Å². The Labute approximate surface area is 155 Å². The number of thiocarbonyl (C=S) groups is 1. The number of carbonyl (C=O) groups is 2. The molecule has 0 atom stereocenters. The maximum atomic E-state index is 12.7. The monoisotopic (exact) mass is 368 g/mol. The number of anilines is 2. The van der Waals surface area contributed by atoms with E-state index in [9.17, 15) is 9.59 Å². The normalized spacial score (nSPS) is 15.8. The van der Waals surface area contributed by atoms with Gasteiger partial charge in [0.05, 0.1) is 10.6 Å². The number of benzene rings is 2. The van der Waals surface area contributed by atoms with Gasteiger partial charge in [-0.2, -0.15) is 0 Å². The van der Waals surface area contributed by atoms with Crippen LogP contribution in [0.4, 0.5) is 11.4 Å². The van der Waals surface area contributed by atoms with E-state index in [1.54, 1.807) is 24.3 Å². The van der Waals surface area contributed by atoms with Crippen LogP contribution in [-0.2, 0) is 9.59 Å². The van der Waals surface area contributed by atoms with Crippen molar-refractivity contribution in [3.8, 4) is 0 Å². The molecule has 3 rings (SSSR count). The predicted molar refractivity (Wildman–Crippen MR) is 108 cm³/mol. The highest BCUT2D eigenvalue weighted by Crippen LogP contribution is 2.36. The second kappa shape index (κ2) is 7.21. The highest BCUT2D eigenvalue weighted by atomic mass is 32.2. The number of nitrogens with zero attached hydrogens (tertiary/aromatic N) is 1. The highest BCUT2D eigenvalue weighted by Gasteiger charge is 2.33. The van der Waals surface area contributed by atoms with E-state index in [-0.39, 0.29) is 11.8 Å². The summed E-state index contributed by atoms with van der Waals surface area (Å²) in [4.78, 5) is 25.9. The predicted octanol–water partition coefficient (Wildman–Crippen LogP) is 4.36. The Hall–Kier alpha value is -2.44. The maximum absolute atomic E-state index is 12.7. The van der Waals surface area contributed by atoms with Gasteiger partial charge in [-0.25, -0.2) is 0 Å². The minimum Gasteiger partial charge on any atom is -0.326 e. The molecule has 1 aliphatic rings. The van der Waals surface area contributed by atoms with Gasteiger partial charge in [0.2, 0.25) is 5.91 Å². The second-order valence-electron chi connectivity index (χ2n) is 5.66. The third-order valence-electron chi connectivity index (χ3n) is 3.61. The SMILES string of the molecule is CC(=O)Nc1ccc(N2C(=O)/C(=C\c3ccc(C)cc3)SC2=S)cc1. The molecule has 0 bridgehead atoms. The van der Waals surface area contributed by atoms with Crippen LogP contribution in [0.3, 0.4) is 0 Å². The molecule has 126 valence electrons. The van der Waals surface area contributed by atoms with Crippen LogP contribution in [0.2, 0.25) is 0 Å². The molecular weight excluding hydrogens is 352 g/mol. The van der Waals surface area contributed by atoms with Gasteiger partial charge in [0.25, 0.3) is 5.91 Å². The average molecular weight is 368 g/mol. The molecule has 25 heavy (non-hydrogen) atoms. The fourth-order valence-electron chi connectivity index (χ4n) is 2.40. The standard InChI is InChI=1S/C19H16N2O2S2/c1-12-3-5-14(6-4-12)11-17-18(23)21(19(24)25-17)16-9-7-15(8-10-16)20-13(2)22/h3-11H,1-2H3,(H,20,22)/b17-11+. The van der Waals surface area contributed by atoms with Gasteiger partial charge in [-0.15, -0.1) is 0 Å². The number of amides is 2. The molecule has 2 aromatic carbocycles. The van der Waals surface area contributed by atoms with E-state index in [1.165, 1.54) is 29.1 Å². The topological polar surface area (TPSA) is 49.4 Å². The number of rotatable bonds is 3. The molecule has 0 saturated carbocycles. The lowest BCUT2D eigenvalue weighted by Crippen LogP contribution is -2.27. The van der Waals surface area contributed by atoms with Gasteiger partial charge in [-0.1, -0.05) is 53.8 Å². The quantitative estimate of drug-likeness (QED) is 0.646. The summed E-state index contributed by atoms with van der Waals surface area (Å²) < 4.78 is 0.496. The molecule has 1 aliphatic heterocycles. The van der Waals surface area contributed by atoms with Gasteiger partial charge in [0, 0.05) is 12.6 Å². The van der Waals surface area contributed by atoms with Crippen LogP contribution < -0.4 is 10.2 Å². The summed E-state index contributed by atoms with van der Waals surface area (Å²) in [6, 6.07) is 15.0. The zero-order chi connectivity index (χ0) is 18.0. The lowest BCUT2D eigenvalue weighted by molar-refractivity contribution is -0.114. The van der Waals surface area contributed by atoms with Crippen LogP contribution in [0.15, 0.2) is 53.4 Å². The fraction of sp³-hybridized carbons (Fsp3) is 0.105. The number of thioether (sulfide) groups is 1. The lowest BCUT2D eigenvalue weighted by Gasteiger charge is -2.15. The van der Waals surface area contributed by atoms with E-state index >= 15 is 0 Å². The van der Waals surface area contributed by atoms with Crippen LogP contribution in [0.25, 0.3) is 6.08 Å². The molecule has 0 aliphatic carbocycles. The molecule has 1 saturated heterocycles. The Balaban J connectivity index is 1.83. The first-order chi connectivity index (χ1) is 11.9. The van der Waals surface area contributed by atoms with E-state index in [2.05, 4.69) is 5.32 Å². The summed E-state index contributed by atoms with van der Waals surface area (Å²) in [6.07, 6.45) is 1.85. The fourth-order valence-corrected chi connectivity index (χ4v) is 3.70. The number of hydrogen-bond acceptors (Lipinski definition) is 4. The first-order valence-electron chi connectivity index (χ1n) is 7.66. The highest BCUT2D eigenvalue weighted by molar-refractivity contribution is 8.27. The van der Waals surface area contributed by atoms with E-state index in [4.69, 9.17) is 12.2 Å². The van der Waals surface area contributed by atoms with Gasteiger partial charge in [-0.05, 0) is 42.8 Å². The summed E-state index contributed by atoms with van der Waals surface area (Å²) in [5, 5.41) is 2.70. The molecule has 6 heteroatoms. The zero-order valence-corrected chi connectivity index (χ0v) is 15.4. The van der Waals surface area contributed by atoms with E-state index in [0.717, 1.165) is 5.56 Å². The molecule has 1 N–H and O–H groups in total. The van der Waals surface area contributed by atoms with Crippen molar-refractivity contribution in [3.63, 3.8) is 0 Å². The van der Waals surface area contributed by atoms with E-state index in [0.29, 0.717) is 20.6 Å². The van der Waals surface area contributed by atoms with Crippen LogP contribution in [0.5, 0.6) is 0 Å². The van der Waals surface area contributed by atoms with Gasteiger partial charge >= 0.3 is 0 Å². The molecule has 0 spiro atoms. The van der Waals surface area contributed by atoms with Gasteiger partial charge < -0.3 is 5.32 Å². The van der Waals surface area contributed by atoms with Crippen LogP contribution in [-0.4, -0.2) is 16.1 Å². The van der Waals surface area contributed by atoms with Crippen LogP contribution >= 0.6 is 24.0 Å². The lowest BCUT2D eigenvalue weighted by atomic mass is 10.1. The minimum absolute atomic E-state index is 0.136. The van der Waals surface area contributed by atoms with Crippen LogP contribution in [0.1, 0.15) is 18.1 Å². The number of hydrogen-bond donors (Lipinski definition) is 1. The van der Waals surface area contributed by atoms with Crippen molar-refractivity contribution in [2.24, 2.45) is 0 Å². The van der Waals surface area contributed by atoms with Gasteiger partial charge in [0.1, 0.15) is 0 Å². The van der Waals surface area contributed by atoms with E-state index < -0.39 is 0 Å². The Morgan fingerprint density at radius 1 is 1.12 bits per heavy atom. The van der Waals surface area contributed by atoms with Crippen LogP contribution in [0, 0.1) is 6.92 Å². The van der Waals surface area contributed by atoms with Gasteiger partial charge in [-0.3, -0.25) is 14.5 Å². The van der Waals surface area contributed by atoms with Crippen molar-refractivity contribution in [3.05, 3.63) is 64.6 Å². The first kappa shape index (κ1) is 17.4. The third-order valence-corrected chi connectivity index (χ3v) is 4.92. The minimum atomic E-state index is -0.139. The maximum Gasteiger partial charge on any atom is 0.270 e. The molecule has 2 aromatic rings. The van der Waals surface area contributed by atoms with Gasteiger partial charge in [0.15, 0.2) is 4.32 Å². The largest absolute Gasteiger partial charge is 0.326 e. The second-order valence-corrected chi connectivity index (χ2v) is 7.33. The summed E-state index contributed by atoms with van der Waals surface area (Å²) in [6.45, 7) is 3.47. The zero-order valence-electron chi connectivity index (χ0n) is 13.8. The molecule has 4 nitrogen and oxygen atoms in total. The molecule has 0 radical (unpaired) electrons.